The van der Waals surface area contributed by atoms with Gasteiger partial charge in [-0.2, -0.15) is 15.5 Å². The van der Waals surface area contributed by atoms with Crippen LogP contribution in [0.25, 0.3) is 16.9 Å². The van der Waals surface area contributed by atoms with Crippen LogP contribution in [-0.2, 0) is 11.8 Å². The summed E-state index contributed by atoms with van der Waals surface area (Å²) in [7, 11) is 1.84. The Kier molecular flexibility index (Phi) is 2.98. The van der Waals surface area contributed by atoms with E-state index < -0.39 is 5.41 Å². The van der Waals surface area contributed by atoms with E-state index in [9.17, 15) is 10.1 Å². The van der Waals surface area contributed by atoms with E-state index in [1.165, 1.54) is 0 Å². The fourth-order valence-corrected chi connectivity index (χ4v) is 3.87. The number of carbonyl (C=O) groups is 1. The summed E-state index contributed by atoms with van der Waals surface area (Å²) >= 11 is 0. The lowest BCUT2D eigenvalue weighted by atomic mass is 9.83. The van der Waals surface area contributed by atoms with Crippen LogP contribution in [0.2, 0.25) is 0 Å². The molecule has 26 heavy (non-hydrogen) atoms. The van der Waals surface area contributed by atoms with Gasteiger partial charge in [0.25, 0.3) is 0 Å². The molecule has 0 bridgehead atoms. The number of nitriles is 1. The number of rotatable bonds is 3. The molecule has 2 fully saturated rings. The molecule has 1 saturated heterocycles. The first-order chi connectivity index (χ1) is 12.6. The quantitative estimate of drug-likeness (QED) is 0.720. The van der Waals surface area contributed by atoms with Crippen LogP contribution in [0.3, 0.4) is 0 Å². The highest BCUT2D eigenvalue weighted by molar-refractivity contribution is 6.04. The zero-order chi connectivity index (χ0) is 17.9. The van der Waals surface area contributed by atoms with Crippen molar-refractivity contribution >= 4 is 17.2 Å². The molecule has 0 aromatic carbocycles. The van der Waals surface area contributed by atoms with Gasteiger partial charge >= 0.3 is 0 Å². The van der Waals surface area contributed by atoms with E-state index in [2.05, 4.69) is 16.3 Å². The predicted octanol–water partition coefficient (Wildman–Crippen LogP) is 1.79. The lowest BCUT2D eigenvalue weighted by molar-refractivity contribution is -0.123. The average Bonchev–Trinajstić information content (AvgIpc) is 3.08. The topological polar surface area (TPSA) is 92.1 Å². The summed E-state index contributed by atoms with van der Waals surface area (Å²) < 4.78 is 3.42. The Morgan fingerprint density at radius 2 is 2.15 bits per heavy atom. The Hall–Kier alpha value is -3.21. The molecule has 8 nitrogen and oxygen atoms in total. The summed E-state index contributed by atoms with van der Waals surface area (Å²) in [5, 5.41) is 18.4. The second-order valence-electron chi connectivity index (χ2n) is 7.05. The van der Waals surface area contributed by atoms with Crippen molar-refractivity contribution in [3.8, 4) is 17.5 Å². The molecule has 1 saturated carbocycles. The average molecular weight is 347 g/mol. The van der Waals surface area contributed by atoms with Crippen molar-refractivity contribution in [2.45, 2.75) is 19.3 Å². The van der Waals surface area contributed by atoms with E-state index in [4.69, 9.17) is 4.98 Å². The van der Waals surface area contributed by atoms with Crippen LogP contribution < -0.4 is 4.90 Å². The minimum atomic E-state index is -0.889. The van der Waals surface area contributed by atoms with Gasteiger partial charge in [-0.05, 0) is 37.3 Å². The Morgan fingerprint density at radius 3 is 2.85 bits per heavy atom. The molecule has 3 aromatic rings. The van der Waals surface area contributed by atoms with Crippen LogP contribution in [0, 0.1) is 22.7 Å². The van der Waals surface area contributed by atoms with Gasteiger partial charge < -0.3 is 0 Å². The maximum absolute atomic E-state index is 13.2. The van der Waals surface area contributed by atoms with Crippen LogP contribution in [0.1, 0.15) is 19.3 Å². The number of hydrogen-bond donors (Lipinski definition) is 0. The van der Waals surface area contributed by atoms with Crippen molar-refractivity contribution in [1.82, 2.24) is 24.4 Å². The summed E-state index contributed by atoms with van der Waals surface area (Å²) in [6, 6.07) is 6.03. The molecular formula is C18H17N7O. The van der Waals surface area contributed by atoms with Gasteiger partial charge in [0.1, 0.15) is 22.3 Å². The number of fused-ring (bicyclic) bond motifs is 1. The summed E-state index contributed by atoms with van der Waals surface area (Å²) in [5.74, 6) is 0.606. The van der Waals surface area contributed by atoms with Crippen LogP contribution in [0.15, 0.2) is 30.7 Å². The summed E-state index contributed by atoms with van der Waals surface area (Å²) in [6.07, 6.45) is 7.80. The van der Waals surface area contributed by atoms with E-state index in [1.54, 1.807) is 26.5 Å². The third kappa shape index (κ3) is 2.00. The van der Waals surface area contributed by atoms with Crippen LogP contribution >= 0.6 is 0 Å². The first-order valence-corrected chi connectivity index (χ1v) is 8.70. The lowest BCUT2D eigenvalue weighted by Crippen LogP contribution is -2.36. The molecule has 8 heteroatoms. The Labute approximate surface area is 149 Å². The minimum absolute atomic E-state index is 0.128. The fourth-order valence-electron chi connectivity index (χ4n) is 3.87. The molecule has 0 radical (unpaired) electrons. The van der Waals surface area contributed by atoms with Crippen LogP contribution in [0.5, 0.6) is 0 Å². The molecule has 1 atom stereocenters. The summed E-state index contributed by atoms with van der Waals surface area (Å²) in [4.78, 5) is 19.6. The molecular weight excluding hydrogens is 330 g/mol. The molecule has 1 aliphatic heterocycles. The van der Waals surface area contributed by atoms with E-state index >= 15 is 0 Å². The van der Waals surface area contributed by atoms with Crippen molar-refractivity contribution in [3.05, 3.63) is 30.7 Å². The first kappa shape index (κ1) is 15.1. The van der Waals surface area contributed by atoms with Crippen LogP contribution in [0.4, 0.5) is 5.82 Å². The Morgan fingerprint density at radius 1 is 1.31 bits per heavy atom. The van der Waals surface area contributed by atoms with E-state index in [1.807, 2.05) is 25.4 Å². The monoisotopic (exact) mass is 347 g/mol. The molecule has 1 aliphatic carbocycles. The van der Waals surface area contributed by atoms with Gasteiger partial charge in [0.2, 0.25) is 5.91 Å². The summed E-state index contributed by atoms with van der Waals surface area (Å²) in [5.41, 5.74) is 1.22. The van der Waals surface area contributed by atoms with Gasteiger partial charge in [0.15, 0.2) is 5.82 Å². The van der Waals surface area contributed by atoms with E-state index in [0.29, 0.717) is 30.2 Å². The molecule has 0 unspecified atom stereocenters. The van der Waals surface area contributed by atoms with E-state index in [0.717, 1.165) is 18.4 Å². The van der Waals surface area contributed by atoms with Gasteiger partial charge in [-0.1, -0.05) is 0 Å². The molecule has 1 amide bonds. The van der Waals surface area contributed by atoms with Gasteiger partial charge in [-0.15, -0.1) is 0 Å². The standard InChI is InChI=1S/C18H17N7O/c1-23-8-5-13(22-23)14-10-25-15(4-7-20-25)16(21-14)24-9-6-18(11-19,17(24)26)12-2-3-12/h4-5,7-8,10,12H,2-3,6,9H2,1H3/t18-/m1/s1. The SMILES string of the molecule is Cn1ccc(-c2cn3nccc3c(N3CC[C@@](C#N)(C4CC4)C3=O)n2)n1. The lowest BCUT2D eigenvalue weighted by Gasteiger charge is -2.21. The van der Waals surface area contributed by atoms with Crippen LogP contribution in [-0.4, -0.2) is 36.8 Å². The Balaban J connectivity index is 1.64. The molecule has 0 spiro atoms. The van der Waals surface area contributed by atoms with Gasteiger partial charge in [0, 0.05) is 19.8 Å². The highest BCUT2D eigenvalue weighted by atomic mass is 16.2. The number of nitrogens with zero attached hydrogens (tertiary/aromatic N) is 7. The van der Waals surface area contributed by atoms with Crippen molar-refractivity contribution in [3.63, 3.8) is 0 Å². The molecule has 130 valence electrons. The number of amides is 1. The zero-order valence-electron chi connectivity index (χ0n) is 14.3. The zero-order valence-corrected chi connectivity index (χ0v) is 14.3. The maximum Gasteiger partial charge on any atom is 0.249 e. The van der Waals surface area contributed by atoms with E-state index in [-0.39, 0.29) is 11.8 Å². The van der Waals surface area contributed by atoms with Gasteiger partial charge in [0.05, 0.1) is 18.5 Å². The van der Waals surface area contributed by atoms with Gasteiger partial charge in [-0.25, -0.2) is 9.50 Å². The van der Waals surface area contributed by atoms with Crippen molar-refractivity contribution < 1.29 is 4.79 Å². The maximum atomic E-state index is 13.2. The summed E-state index contributed by atoms with van der Waals surface area (Å²) in [6.45, 7) is 0.502. The molecule has 2 aliphatic rings. The largest absolute Gasteiger partial charge is 0.294 e. The number of carbonyl (C=O) groups excluding carboxylic acids is 1. The molecule has 5 rings (SSSR count). The fraction of sp³-hybridized carbons (Fsp3) is 0.389. The number of aromatic nitrogens is 5. The Bertz CT molecular complexity index is 1070. The second kappa shape index (κ2) is 5.14. The van der Waals surface area contributed by atoms with Crippen molar-refractivity contribution in [1.29, 1.82) is 5.26 Å². The van der Waals surface area contributed by atoms with Crippen molar-refractivity contribution in [2.75, 3.05) is 11.4 Å². The second-order valence-corrected chi connectivity index (χ2v) is 7.05. The highest BCUT2D eigenvalue weighted by Gasteiger charge is 2.57. The molecule has 4 heterocycles. The number of anilines is 1. The number of aryl methyl sites for hydroxylation is 1. The number of hydrogen-bond acceptors (Lipinski definition) is 5. The van der Waals surface area contributed by atoms with Gasteiger partial charge in [-0.3, -0.25) is 14.4 Å². The minimum Gasteiger partial charge on any atom is -0.294 e. The third-order valence-electron chi connectivity index (χ3n) is 5.43. The van der Waals surface area contributed by atoms with Crippen molar-refractivity contribution in [2.24, 2.45) is 18.4 Å². The predicted molar refractivity (Wildman–Crippen MR) is 92.9 cm³/mol. The first-order valence-electron chi connectivity index (χ1n) is 8.70. The smallest absolute Gasteiger partial charge is 0.249 e. The normalized spacial score (nSPS) is 22.9. The highest BCUT2D eigenvalue weighted by Crippen LogP contribution is 2.52. The molecule has 0 N–H and O–H groups in total. The third-order valence-corrected chi connectivity index (χ3v) is 5.43. The molecule has 3 aromatic heterocycles.